The van der Waals surface area contributed by atoms with Gasteiger partial charge in [-0.15, -0.1) is 0 Å². The molecule has 0 aliphatic heterocycles. The van der Waals surface area contributed by atoms with Crippen LogP contribution in [0.5, 0.6) is 0 Å². The molecule has 18 heavy (non-hydrogen) atoms. The Balaban J connectivity index is 3.23. The maximum atomic E-state index is 14.0. The van der Waals surface area contributed by atoms with Gasteiger partial charge in [0.1, 0.15) is 5.82 Å². The summed E-state index contributed by atoms with van der Waals surface area (Å²) in [5.74, 6) is 0.313. The van der Waals surface area contributed by atoms with Crippen LogP contribution in [0.3, 0.4) is 0 Å². The van der Waals surface area contributed by atoms with E-state index in [1.54, 1.807) is 6.07 Å². The summed E-state index contributed by atoms with van der Waals surface area (Å²) < 4.78 is 14.0. The predicted octanol–water partition coefficient (Wildman–Crippen LogP) is 3.72. The largest absolute Gasteiger partial charge is 0.368 e. The molecule has 0 fully saturated rings. The molecule has 0 amide bonds. The highest BCUT2D eigenvalue weighted by atomic mass is 19.1. The van der Waals surface area contributed by atoms with Gasteiger partial charge in [0, 0.05) is 29.9 Å². The molecule has 0 heterocycles. The monoisotopic (exact) mass is 252 g/mol. The summed E-state index contributed by atoms with van der Waals surface area (Å²) in [7, 11) is 0. The third-order valence-electron chi connectivity index (χ3n) is 2.98. The summed E-state index contributed by atoms with van der Waals surface area (Å²) >= 11 is 0. The van der Waals surface area contributed by atoms with Crippen molar-refractivity contribution in [3.8, 4) is 0 Å². The lowest BCUT2D eigenvalue weighted by atomic mass is 10.0. The van der Waals surface area contributed by atoms with Crippen molar-refractivity contribution in [3.63, 3.8) is 0 Å². The van der Waals surface area contributed by atoms with E-state index in [4.69, 9.17) is 5.73 Å². The van der Waals surface area contributed by atoms with Crippen LogP contribution >= 0.6 is 0 Å². The Morgan fingerprint density at radius 2 is 1.78 bits per heavy atom. The van der Waals surface area contributed by atoms with Crippen molar-refractivity contribution in [2.75, 3.05) is 11.4 Å². The number of anilines is 1. The molecule has 0 radical (unpaired) electrons. The molecule has 1 rings (SSSR count). The number of rotatable bonds is 5. The van der Waals surface area contributed by atoms with Gasteiger partial charge < -0.3 is 10.6 Å². The fourth-order valence-corrected chi connectivity index (χ4v) is 2.21. The molecule has 1 aromatic rings. The van der Waals surface area contributed by atoms with E-state index in [0.717, 1.165) is 12.2 Å². The Labute approximate surface area is 110 Å². The van der Waals surface area contributed by atoms with Gasteiger partial charge in [-0.25, -0.2) is 4.39 Å². The number of nitrogens with zero attached hydrogens (tertiary/aromatic N) is 1. The number of nitrogens with two attached hydrogens (primary N) is 1. The first-order valence-electron chi connectivity index (χ1n) is 6.65. The number of hydrogen-bond donors (Lipinski definition) is 1. The zero-order valence-corrected chi connectivity index (χ0v) is 12.1. The minimum absolute atomic E-state index is 0.211. The van der Waals surface area contributed by atoms with Gasteiger partial charge in [-0.3, -0.25) is 0 Å². The molecular formula is C15H25FN2. The van der Waals surface area contributed by atoms with E-state index in [2.05, 4.69) is 32.6 Å². The molecular weight excluding hydrogens is 227 g/mol. The van der Waals surface area contributed by atoms with E-state index in [1.165, 1.54) is 6.07 Å². The Morgan fingerprint density at radius 1 is 1.17 bits per heavy atom. The molecule has 3 heteroatoms. The van der Waals surface area contributed by atoms with E-state index >= 15 is 0 Å². The molecule has 0 aliphatic rings. The summed E-state index contributed by atoms with van der Waals surface area (Å²) in [5, 5.41) is 0. The van der Waals surface area contributed by atoms with Crippen molar-refractivity contribution in [1.29, 1.82) is 0 Å². The van der Waals surface area contributed by atoms with Gasteiger partial charge in [0.25, 0.3) is 0 Å². The van der Waals surface area contributed by atoms with Crippen molar-refractivity contribution >= 4 is 5.69 Å². The van der Waals surface area contributed by atoms with Crippen LogP contribution in [0.4, 0.5) is 10.1 Å². The molecule has 0 unspecified atom stereocenters. The standard InChI is InChI=1S/C15H25FN2/c1-10(2)9-18(11(3)4)14-8-6-7-13(16)15(14)12(5)17/h6-8,10-12H,9,17H2,1-5H3/t12-/m1/s1. The lowest BCUT2D eigenvalue weighted by molar-refractivity contribution is 0.555. The minimum Gasteiger partial charge on any atom is -0.368 e. The fraction of sp³-hybridized carbons (Fsp3) is 0.600. The second kappa shape index (κ2) is 6.19. The molecule has 0 saturated carbocycles. The predicted molar refractivity (Wildman–Crippen MR) is 76.3 cm³/mol. The smallest absolute Gasteiger partial charge is 0.130 e. The summed E-state index contributed by atoms with van der Waals surface area (Å²) in [6.07, 6.45) is 0. The minimum atomic E-state index is -0.297. The van der Waals surface area contributed by atoms with Crippen LogP contribution in [0, 0.1) is 11.7 Å². The highest BCUT2D eigenvalue weighted by Gasteiger charge is 2.20. The Morgan fingerprint density at radius 3 is 2.22 bits per heavy atom. The first-order chi connectivity index (χ1) is 8.34. The van der Waals surface area contributed by atoms with Gasteiger partial charge in [-0.05, 0) is 38.8 Å². The summed E-state index contributed by atoms with van der Waals surface area (Å²) in [5.41, 5.74) is 7.46. The van der Waals surface area contributed by atoms with Crippen LogP contribution in [0.2, 0.25) is 0 Å². The van der Waals surface area contributed by atoms with E-state index in [0.29, 0.717) is 17.5 Å². The van der Waals surface area contributed by atoms with Gasteiger partial charge in [0.05, 0.1) is 0 Å². The van der Waals surface area contributed by atoms with Crippen LogP contribution in [0.25, 0.3) is 0 Å². The zero-order chi connectivity index (χ0) is 13.9. The van der Waals surface area contributed by atoms with Crippen LogP contribution in [-0.2, 0) is 0 Å². The van der Waals surface area contributed by atoms with Crippen molar-refractivity contribution < 1.29 is 4.39 Å². The molecule has 0 saturated heterocycles. The van der Waals surface area contributed by atoms with E-state index in [9.17, 15) is 4.39 Å². The number of benzene rings is 1. The Kier molecular flexibility index (Phi) is 5.15. The average Bonchev–Trinajstić information content (AvgIpc) is 2.24. The van der Waals surface area contributed by atoms with Crippen molar-refractivity contribution in [3.05, 3.63) is 29.6 Å². The van der Waals surface area contributed by atoms with Crippen LogP contribution < -0.4 is 10.6 Å². The first kappa shape index (κ1) is 15.0. The molecule has 2 nitrogen and oxygen atoms in total. The van der Waals surface area contributed by atoms with Gasteiger partial charge >= 0.3 is 0 Å². The number of halogens is 1. The third kappa shape index (κ3) is 3.45. The second-order valence-electron chi connectivity index (χ2n) is 5.60. The quantitative estimate of drug-likeness (QED) is 0.865. The van der Waals surface area contributed by atoms with Crippen molar-refractivity contribution in [1.82, 2.24) is 0 Å². The molecule has 1 aromatic carbocycles. The highest BCUT2D eigenvalue weighted by molar-refractivity contribution is 5.56. The molecule has 1 atom stereocenters. The second-order valence-corrected chi connectivity index (χ2v) is 5.60. The number of hydrogen-bond acceptors (Lipinski definition) is 2. The Hall–Kier alpha value is -1.09. The van der Waals surface area contributed by atoms with Gasteiger partial charge in [-0.1, -0.05) is 19.9 Å². The van der Waals surface area contributed by atoms with E-state index < -0.39 is 0 Å². The molecule has 102 valence electrons. The van der Waals surface area contributed by atoms with Crippen LogP contribution in [0.1, 0.15) is 46.2 Å². The first-order valence-corrected chi connectivity index (χ1v) is 6.65. The topological polar surface area (TPSA) is 29.3 Å². The maximum Gasteiger partial charge on any atom is 0.130 e. The zero-order valence-electron chi connectivity index (χ0n) is 12.1. The molecule has 0 bridgehead atoms. The average molecular weight is 252 g/mol. The van der Waals surface area contributed by atoms with Crippen molar-refractivity contribution in [2.45, 2.75) is 46.7 Å². The molecule has 0 spiro atoms. The van der Waals surface area contributed by atoms with Crippen LogP contribution in [-0.4, -0.2) is 12.6 Å². The molecule has 2 N–H and O–H groups in total. The molecule has 0 aliphatic carbocycles. The van der Waals surface area contributed by atoms with Crippen LogP contribution in [0.15, 0.2) is 18.2 Å². The van der Waals surface area contributed by atoms with Gasteiger partial charge in [0.15, 0.2) is 0 Å². The van der Waals surface area contributed by atoms with E-state index in [-0.39, 0.29) is 11.9 Å². The summed E-state index contributed by atoms with van der Waals surface area (Å²) in [6.45, 7) is 11.3. The SMILES string of the molecule is CC(C)CN(c1cccc(F)c1[C@@H](C)N)C(C)C. The lowest BCUT2D eigenvalue weighted by Crippen LogP contribution is -2.35. The summed E-state index contributed by atoms with van der Waals surface area (Å²) in [6, 6.07) is 5.23. The van der Waals surface area contributed by atoms with Crippen molar-refractivity contribution in [2.24, 2.45) is 11.7 Å². The summed E-state index contributed by atoms with van der Waals surface area (Å²) in [4.78, 5) is 2.23. The molecule has 0 aromatic heterocycles. The van der Waals surface area contributed by atoms with E-state index in [1.807, 2.05) is 13.0 Å². The maximum absolute atomic E-state index is 14.0. The van der Waals surface area contributed by atoms with Gasteiger partial charge in [-0.2, -0.15) is 0 Å². The Bertz CT molecular complexity index is 386. The fourth-order valence-electron chi connectivity index (χ4n) is 2.21. The third-order valence-corrected chi connectivity index (χ3v) is 2.98. The highest BCUT2D eigenvalue weighted by Crippen LogP contribution is 2.29. The lowest BCUT2D eigenvalue weighted by Gasteiger charge is -2.33. The van der Waals surface area contributed by atoms with Gasteiger partial charge in [0.2, 0.25) is 0 Å². The normalized spacial score (nSPS) is 13.2.